The number of amides is 1. The van der Waals surface area contributed by atoms with Crippen molar-refractivity contribution in [2.75, 3.05) is 17.7 Å². The molecule has 4 rings (SSSR count). The Kier molecular flexibility index (Phi) is 5.29. The van der Waals surface area contributed by atoms with E-state index in [1.165, 1.54) is 23.5 Å². The zero-order valence-corrected chi connectivity index (χ0v) is 17.5. The van der Waals surface area contributed by atoms with Gasteiger partial charge >= 0.3 is 0 Å². The number of hydrogen-bond donors (Lipinski definition) is 2. The zero-order chi connectivity index (χ0) is 21.3. The number of carbonyl (C=O) groups is 1. The van der Waals surface area contributed by atoms with Crippen LogP contribution in [0.3, 0.4) is 0 Å². The van der Waals surface area contributed by atoms with E-state index >= 15 is 0 Å². The maximum Gasteiger partial charge on any atom is 0.276 e. The van der Waals surface area contributed by atoms with Gasteiger partial charge in [0.15, 0.2) is 10.3 Å². The predicted molar refractivity (Wildman–Crippen MR) is 117 cm³/mol. The number of fused-ring (bicyclic) bond motifs is 1. The summed E-state index contributed by atoms with van der Waals surface area (Å²) in [6.07, 6.45) is 0. The second kappa shape index (κ2) is 8.05. The normalized spacial score (nSPS) is 10.7. The van der Waals surface area contributed by atoms with E-state index in [0.29, 0.717) is 26.2 Å². The van der Waals surface area contributed by atoms with Crippen LogP contribution < -0.4 is 15.4 Å². The molecule has 0 bridgehead atoms. The van der Waals surface area contributed by atoms with Gasteiger partial charge < -0.3 is 10.1 Å². The van der Waals surface area contributed by atoms with Crippen LogP contribution in [-0.4, -0.2) is 27.9 Å². The van der Waals surface area contributed by atoms with E-state index < -0.39 is 10.8 Å². The summed E-state index contributed by atoms with van der Waals surface area (Å²) in [5.41, 5.74) is 2.61. The van der Waals surface area contributed by atoms with Crippen LogP contribution in [0.2, 0.25) is 0 Å². The molecule has 2 aromatic carbocycles. The minimum atomic E-state index is -0.468. The quantitative estimate of drug-likeness (QED) is 0.320. The average molecular weight is 441 g/mol. The Morgan fingerprint density at radius 1 is 1.17 bits per heavy atom. The molecule has 2 heterocycles. The van der Waals surface area contributed by atoms with Crippen molar-refractivity contribution in [2.24, 2.45) is 0 Å². The molecule has 4 aromatic rings. The third kappa shape index (κ3) is 4.07. The molecule has 152 valence electrons. The number of hydrogen-bond acceptors (Lipinski definition) is 9. The molecule has 0 unspecified atom stereocenters. The van der Waals surface area contributed by atoms with E-state index in [1.54, 1.807) is 18.6 Å². The Morgan fingerprint density at radius 3 is 2.77 bits per heavy atom. The smallest absolute Gasteiger partial charge is 0.276 e. The number of aryl methyl sites for hydroxylation is 1. The van der Waals surface area contributed by atoms with E-state index in [0.717, 1.165) is 22.6 Å². The first-order valence-corrected chi connectivity index (χ1v) is 10.4. The number of nitro benzene ring substituents is 1. The van der Waals surface area contributed by atoms with Crippen LogP contribution in [0.5, 0.6) is 5.75 Å². The number of anilines is 3. The van der Waals surface area contributed by atoms with Gasteiger partial charge in [-0.3, -0.25) is 20.2 Å². The van der Waals surface area contributed by atoms with E-state index in [-0.39, 0.29) is 11.4 Å². The summed E-state index contributed by atoms with van der Waals surface area (Å²) in [5.74, 6) is 0.259. The van der Waals surface area contributed by atoms with E-state index in [9.17, 15) is 14.9 Å². The van der Waals surface area contributed by atoms with Crippen molar-refractivity contribution in [3.8, 4) is 5.75 Å². The van der Waals surface area contributed by atoms with Gasteiger partial charge in [0.2, 0.25) is 0 Å². The largest absolute Gasteiger partial charge is 0.495 e. The number of aromatic nitrogens is 2. The maximum absolute atomic E-state index is 12.5. The Morgan fingerprint density at radius 2 is 2.00 bits per heavy atom. The molecular weight excluding hydrogens is 426 g/mol. The van der Waals surface area contributed by atoms with Crippen LogP contribution in [0.1, 0.15) is 16.1 Å². The summed E-state index contributed by atoms with van der Waals surface area (Å²) >= 11 is 2.45. The topological polar surface area (TPSA) is 119 Å². The minimum Gasteiger partial charge on any atom is -0.495 e. The molecule has 0 aliphatic heterocycles. The summed E-state index contributed by atoms with van der Waals surface area (Å²) in [6.45, 7) is 1.97. The third-order valence-corrected chi connectivity index (χ3v) is 5.83. The number of rotatable bonds is 6. The number of nitro groups is 1. The molecule has 0 aliphatic carbocycles. The number of nitrogens with zero attached hydrogens (tertiary/aromatic N) is 3. The number of carbonyl (C=O) groups excluding carboxylic acids is 1. The number of non-ortho nitro benzene ring substituents is 1. The molecule has 0 aliphatic rings. The maximum atomic E-state index is 12.5. The molecule has 30 heavy (non-hydrogen) atoms. The lowest BCUT2D eigenvalue weighted by Crippen LogP contribution is -2.12. The molecule has 0 spiro atoms. The number of nitrogens with one attached hydrogen (secondary N) is 2. The Balaban J connectivity index is 1.50. The predicted octanol–water partition coefficient (Wildman–Crippen LogP) is 4.97. The van der Waals surface area contributed by atoms with Crippen molar-refractivity contribution < 1.29 is 14.5 Å². The van der Waals surface area contributed by atoms with E-state index in [1.807, 2.05) is 25.1 Å². The molecule has 9 nitrogen and oxygen atoms in total. The molecule has 0 atom stereocenters. The van der Waals surface area contributed by atoms with Gasteiger partial charge in [-0.05, 0) is 30.7 Å². The SMILES string of the molecule is COc1ccc(C)cc1Nc1nc(C(=O)Nc2nc3ccc([N+](=O)[O-])cc3s2)cs1. The Labute approximate surface area is 178 Å². The molecule has 2 aromatic heterocycles. The molecular formula is C19H15N5O4S2. The van der Waals surface area contributed by atoms with Crippen molar-refractivity contribution in [3.05, 3.63) is 63.1 Å². The first-order valence-electron chi connectivity index (χ1n) is 8.66. The number of thiazole rings is 2. The lowest BCUT2D eigenvalue weighted by molar-refractivity contribution is -0.384. The van der Waals surface area contributed by atoms with Gasteiger partial charge in [0.05, 0.1) is 27.9 Å². The van der Waals surface area contributed by atoms with Crippen LogP contribution in [0.15, 0.2) is 41.8 Å². The van der Waals surface area contributed by atoms with Crippen LogP contribution in [0, 0.1) is 17.0 Å². The summed E-state index contributed by atoms with van der Waals surface area (Å²) in [5, 5.41) is 19.3. The average Bonchev–Trinajstić information content (AvgIpc) is 3.34. The fraction of sp³-hybridized carbons (Fsp3) is 0.105. The lowest BCUT2D eigenvalue weighted by atomic mass is 10.2. The highest BCUT2D eigenvalue weighted by atomic mass is 32.1. The summed E-state index contributed by atoms with van der Waals surface area (Å²) in [7, 11) is 1.59. The molecule has 2 N–H and O–H groups in total. The van der Waals surface area contributed by atoms with Gasteiger partial charge in [-0.1, -0.05) is 17.4 Å². The highest BCUT2D eigenvalue weighted by molar-refractivity contribution is 7.22. The highest BCUT2D eigenvalue weighted by Crippen LogP contribution is 2.31. The fourth-order valence-corrected chi connectivity index (χ4v) is 4.31. The van der Waals surface area contributed by atoms with Crippen LogP contribution in [0.25, 0.3) is 10.2 Å². The van der Waals surface area contributed by atoms with Crippen molar-refractivity contribution in [1.29, 1.82) is 0 Å². The van der Waals surface area contributed by atoms with E-state index in [2.05, 4.69) is 20.6 Å². The van der Waals surface area contributed by atoms with Gasteiger partial charge in [0.25, 0.3) is 11.6 Å². The second-order valence-corrected chi connectivity index (χ2v) is 8.14. The molecule has 0 saturated heterocycles. The Hall–Kier alpha value is -3.57. The van der Waals surface area contributed by atoms with Crippen molar-refractivity contribution in [3.63, 3.8) is 0 Å². The first kappa shape index (κ1) is 19.7. The number of benzene rings is 2. The van der Waals surface area contributed by atoms with Gasteiger partial charge in [-0.2, -0.15) is 0 Å². The van der Waals surface area contributed by atoms with Crippen molar-refractivity contribution in [2.45, 2.75) is 6.92 Å². The molecule has 0 fully saturated rings. The molecule has 0 saturated carbocycles. The van der Waals surface area contributed by atoms with Crippen LogP contribution >= 0.6 is 22.7 Å². The zero-order valence-electron chi connectivity index (χ0n) is 15.8. The van der Waals surface area contributed by atoms with Gasteiger partial charge in [-0.15, -0.1) is 11.3 Å². The third-order valence-electron chi connectivity index (χ3n) is 4.14. The summed E-state index contributed by atoms with van der Waals surface area (Å²) in [4.78, 5) is 31.6. The van der Waals surface area contributed by atoms with Crippen molar-refractivity contribution in [1.82, 2.24) is 9.97 Å². The molecule has 0 radical (unpaired) electrons. The van der Waals surface area contributed by atoms with Gasteiger partial charge in [-0.25, -0.2) is 9.97 Å². The van der Waals surface area contributed by atoms with E-state index in [4.69, 9.17) is 4.74 Å². The monoisotopic (exact) mass is 441 g/mol. The lowest BCUT2D eigenvalue weighted by Gasteiger charge is -2.09. The number of methoxy groups -OCH3 is 1. The molecule has 11 heteroatoms. The first-order chi connectivity index (χ1) is 14.4. The van der Waals surface area contributed by atoms with Crippen LogP contribution in [-0.2, 0) is 0 Å². The van der Waals surface area contributed by atoms with Gasteiger partial charge in [0, 0.05) is 17.5 Å². The highest BCUT2D eigenvalue weighted by Gasteiger charge is 2.16. The standard InChI is InChI=1S/C19H15N5O4S2/c1-10-3-6-15(28-2)13(7-10)21-18-22-14(9-29-18)17(25)23-19-20-12-5-4-11(24(26)27)8-16(12)30-19/h3-9H,1-2H3,(H,21,22)(H,20,23,25). The fourth-order valence-electron chi connectivity index (χ4n) is 2.71. The van der Waals surface area contributed by atoms with Crippen LogP contribution in [0.4, 0.5) is 21.6 Å². The summed E-state index contributed by atoms with van der Waals surface area (Å²) < 4.78 is 5.96. The van der Waals surface area contributed by atoms with Gasteiger partial charge in [0.1, 0.15) is 11.4 Å². The Bertz CT molecular complexity index is 1270. The summed E-state index contributed by atoms with van der Waals surface area (Å²) in [6, 6.07) is 10.1. The number of ether oxygens (including phenoxy) is 1. The van der Waals surface area contributed by atoms with Crippen molar-refractivity contribution >= 4 is 60.4 Å². The minimum absolute atomic E-state index is 0.0224. The molecule has 1 amide bonds. The second-order valence-electron chi connectivity index (χ2n) is 6.25.